The molecule has 1 saturated carbocycles. The van der Waals surface area contributed by atoms with E-state index in [9.17, 15) is 4.79 Å². The first kappa shape index (κ1) is 15.6. The van der Waals surface area contributed by atoms with Crippen LogP contribution in [0.4, 0.5) is 5.69 Å². The minimum atomic E-state index is -0.417. The fourth-order valence-corrected chi connectivity index (χ4v) is 2.84. The molecule has 1 fully saturated rings. The zero-order chi connectivity index (χ0) is 15.3. The maximum atomic E-state index is 12.5. The lowest BCUT2D eigenvalue weighted by molar-refractivity contribution is -0.122. The SMILES string of the molecule is C=CCOc1cccc(NC(=O)C2CCCCC2(C)N)c1. The van der Waals surface area contributed by atoms with E-state index in [-0.39, 0.29) is 11.8 Å². The number of hydrogen-bond acceptors (Lipinski definition) is 3. The molecule has 1 aliphatic carbocycles. The third-order valence-electron chi connectivity index (χ3n) is 4.04. The number of hydrogen-bond donors (Lipinski definition) is 2. The van der Waals surface area contributed by atoms with Gasteiger partial charge in [0.25, 0.3) is 0 Å². The third kappa shape index (κ3) is 4.08. The van der Waals surface area contributed by atoms with Crippen molar-refractivity contribution >= 4 is 11.6 Å². The van der Waals surface area contributed by atoms with Gasteiger partial charge in [-0.05, 0) is 31.9 Å². The summed E-state index contributed by atoms with van der Waals surface area (Å²) in [4.78, 5) is 12.5. The highest BCUT2D eigenvalue weighted by molar-refractivity contribution is 5.93. The zero-order valence-electron chi connectivity index (χ0n) is 12.6. The summed E-state index contributed by atoms with van der Waals surface area (Å²) < 4.78 is 5.47. The van der Waals surface area contributed by atoms with Crippen LogP contribution in [-0.4, -0.2) is 18.1 Å². The van der Waals surface area contributed by atoms with Crippen molar-refractivity contribution in [1.29, 1.82) is 0 Å². The monoisotopic (exact) mass is 288 g/mol. The molecule has 1 amide bonds. The highest BCUT2D eigenvalue weighted by Crippen LogP contribution is 2.32. The molecule has 0 aromatic heterocycles. The summed E-state index contributed by atoms with van der Waals surface area (Å²) in [5, 5.41) is 2.96. The lowest BCUT2D eigenvalue weighted by atomic mass is 9.74. The molecule has 0 saturated heterocycles. The van der Waals surface area contributed by atoms with Crippen LogP contribution in [0.2, 0.25) is 0 Å². The van der Waals surface area contributed by atoms with Crippen molar-refractivity contribution < 1.29 is 9.53 Å². The van der Waals surface area contributed by atoms with Gasteiger partial charge in [-0.15, -0.1) is 0 Å². The Morgan fingerprint density at radius 2 is 2.38 bits per heavy atom. The van der Waals surface area contributed by atoms with E-state index >= 15 is 0 Å². The lowest BCUT2D eigenvalue weighted by Crippen LogP contribution is -2.51. The van der Waals surface area contributed by atoms with E-state index < -0.39 is 5.54 Å². The summed E-state index contributed by atoms with van der Waals surface area (Å²) in [5.41, 5.74) is 6.60. The topological polar surface area (TPSA) is 64.3 Å². The minimum absolute atomic E-state index is 0.000528. The highest BCUT2D eigenvalue weighted by Gasteiger charge is 2.37. The Morgan fingerprint density at radius 1 is 1.57 bits per heavy atom. The summed E-state index contributed by atoms with van der Waals surface area (Å²) in [5.74, 6) is 0.580. The smallest absolute Gasteiger partial charge is 0.229 e. The molecule has 1 aromatic carbocycles. The lowest BCUT2D eigenvalue weighted by Gasteiger charge is -2.37. The third-order valence-corrected chi connectivity index (χ3v) is 4.04. The van der Waals surface area contributed by atoms with E-state index in [0.717, 1.165) is 31.4 Å². The number of amides is 1. The van der Waals surface area contributed by atoms with Gasteiger partial charge in [-0.2, -0.15) is 0 Å². The number of carbonyl (C=O) groups is 1. The molecule has 0 aliphatic heterocycles. The van der Waals surface area contributed by atoms with Crippen LogP contribution < -0.4 is 15.8 Å². The fourth-order valence-electron chi connectivity index (χ4n) is 2.84. The van der Waals surface area contributed by atoms with Crippen molar-refractivity contribution in [2.75, 3.05) is 11.9 Å². The van der Waals surface area contributed by atoms with E-state index in [1.165, 1.54) is 0 Å². The van der Waals surface area contributed by atoms with Crippen LogP contribution in [0.3, 0.4) is 0 Å². The van der Waals surface area contributed by atoms with Gasteiger partial charge in [0.2, 0.25) is 5.91 Å². The van der Waals surface area contributed by atoms with Gasteiger partial charge >= 0.3 is 0 Å². The molecular weight excluding hydrogens is 264 g/mol. The molecule has 4 heteroatoms. The van der Waals surface area contributed by atoms with E-state index in [1.807, 2.05) is 31.2 Å². The summed E-state index contributed by atoms with van der Waals surface area (Å²) in [7, 11) is 0. The molecule has 0 radical (unpaired) electrons. The number of benzene rings is 1. The van der Waals surface area contributed by atoms with Crippen LogP contribution in [0.15, 0.2) is 36.9 Å². The van der Waals surface area contributed by atoms with Gasteiger partial charge in [0.1, 0.15) is 12.4 Å². The molecule has 114 valence electrons. The van der Waals surface area contributed by atoms with Crippen LogP contribution in [0.1, 0.15) is 32.6 Å². The van der Waals surface area contributed by atoms with Gasteiger partial charge in [0, 0.05) is 17.3 Å². The number of nitrogens with one attached hydrogen (secondary N) is 1. The maximum absolute atomic E-state index is 12.5. The molecule has 4 nitrogen and oxygen atoms in total. The second kappa shape index (κ2) is 6.76. The van der Waals surface area contributed by atoms with Gasteiger partial charge in [0.05, 0.1) is 5.92 Å². The summed E-state index contributed by atoms with van der Waals surface area (Å²) in [6.07, 6.45) is 5.60. The van der Waals surface area contributed by atoms with Crippen molar-refractivity contribution in [2.24, 2.45) is 11.7 Å². The first-order valence-electron chi connectivity index (χ1n) is 7.46. The van der Waals surface area contributed by atoms with Crippen molar-refractivity contribution in [3.05, 3.63) is 36.9 Å². The van der Waals surface area contributed by atoms with Crippen molar-refractivity contribution in [1.82, 2.24) is 0 Å². The molecule has 2 atom stereocenters. The Hall–Kier alpha value is -1.81. The molecule has 0 spiro atoms. The predicted octanol–water partition coefficient (Wildman–Crippen LogP) is 3.10. The van der Waals surface area contributed by atoms with E-state index in [2.05, 4.69) is 11.9 Å². The van der Waals surface area contributed by atoms with E-state index in [0.29, 0.717) is 12.4 Å². The standard InChI is InChI=1S/C17H24N2O2/c1-3-11-21-14-8-6-7-13(12-14)19-16(20)15-9-4-5-10-17(15,2)18/h3,6-8,12,15H,1,4-5,9-11,18H2,2H3,(H,19,20). The number of nitrogens with two attached hydrogens (primary N) is 1. The van der Waals surface area contributed by atoms with Crippen molar-refractivity contribution in [3.8, 4) is 5.75 Å². The van der Waals surface area contributed by atoms with Crippen LogP contribution in [0, 0.1) is 5.92 Å². The molecule has 2 rings (SSSR count). The van der Waals surface area contributed by atoms with Gasteiger partial charge in [-0.1, -0.05) is 31.6 Å². The Bertz CT molecular complexity index is 511. The largest absolute Gasteiger partial charge is 0.489 e. The Morgan fingerprint density at radius 3 is 3.10 bits per heavy atom. The first-order chi connectivity index (χ1) is 10.0. The normalized spacial score (nSPS) is 25.1. The summed E-state index contributed by atoms with van der Waals surface area (Å²) in [6.45, 7) is 6.03. The fraction of sp³-hybridized carbons (Fsp3) is 0.471. The zero-order valence-corrected chi connectivity index (χ0v) is 12.6. The Kier molecular flexibility index (Phi) is 5.02. The summed E-state index contributed by atoms with van der Waals surface area (Å²) >= 11 is 0. The predicted molar refractivity (Wildman–Crippen MR) is 85.3 cm³/mol. The number of rotatable bonds is 5. The number of anilines is 1. The molecule has 1 aliphatic rings. The summed E-state index contributed by atoms with van der Waals surface area (Å²) in [6, 6.07) is 7.39. The molecule has 1 aromatic rings. The number of carbonyl (C=O) groups excluding carboxylic acids is 1. The maximum Gasteiger partial charge on any atom is 0.229 e. The average Bonchev–Trinajstić information content (AvgIpc) is 2.45. The van der Waals surface area contributed by atoms with Crippen LogP contribution in [0.25, 0.3) is 0 Å². The first-order valence-corrected chi connectivity index (χ1v) is 7.46. The van der Waals surface area contributed by atoms with Crippen molar-refractivity contribution in [2.45, 2.75) is 38.1 Å². The van der Waals surface area contributed by atoms with Crippen LogP contribution >= 0.6 is 0 Å². The molecular formula is C17H24N2O2. The van der Waals surface area contributed by atoms with E-state index in [1.54, 1.807) is 6.08 Å². The molecule has 0 bridgehead atoms. The van der Waals surface area contributed by atoms with Crippen LogP contribution in [-0.2, 0) is 4.79 Å². The van der Waals surface area contributed by atoms with Gasteiger partial charge in [-0.3, -0.25) is 4.79 Å². The van der Waals surface area contributed by atoms with Crippen LogP contribution in [0.5, 0.6) is 5.75 Å². The van der Waals surface area contributed by atoms with Gasteiger partial charge in [0.15, 0.2) is 0 Å². The second-order valence-electron chi connectivity index (χ2n) is 5.92. The minimum Gasteiger partial charge on any atom is -0.489 e. The Labute approximate surface area is 126 Å². The molecule has 2 unspecified atom stereocenters. The van der Waals surface area contributed by atoms with Gasteiger partial charge in [-0.25, -0.2) is 0 Å². The second-order valence-corrected chi connectivity index (χ2v) is 5.92. The van der Waals surface area contributed by atoms with E-state index in [4.69, 9.17) is 10.5 Å². The molecule has 0 heterocycles. The van der Waals surface area contributed by atoms with Crippen molar-refractivity contribution in [3.63, 3.8) is 0 Å². The molecule has 21 heavy (non-hydrogen) atoms. The highest BCUT2D eigenvalue weighted by atomic mass is 16.5. The Balaban J connectivity index is 2.03. The average molecular weight is 288 g/mol. The molecule has 3 N–H and O–H groups in total. The van der Waals surface area contributed by atoms with Gasteiger partial charge < -0.3 is 15.8 Å². The number of ether oxygens (including phenoxy) is 1. The quantitative estimate of drug-likeness (QED) is 0.818.